The number of carbonyl (C=O) groups excluding carboxylic acids is 1. The minimum atomic E-state index is 0.162. The number of carbonyl (C=O) groups is 1. The smallest absolute Gasteiger partial charge is 0.232 e. The summed E-state index contributed by atoms with van der Waals surface area (Å²) in [6.07, 6.45) is 4.46. The quantitative estimate of drug-likeness (QED) is 0.841. The van der Waals surface area contributed by atoms with Crippen molar-refractivity contribution >= 4 is 17.7 Å². The molecule has 0 bridgehead atoms. The van der Waals surface area contributed by atoms with E-state index in [1.165, 1.54) is 6.42 Å². The Morgan fingerprint density at radius 1 is 1.41 bits per heavy atom. The molecule has 17 heavy (non-hydrogen) atoms. The van der Waals surface area contributed by atoms with Crippen molar-refractivity contribution in [3.05, 3.63) is 0 Å². The van der Waals surface area contributed by atoms with Gasteiger partial charge in [-0.1, -0.05) is 20.8 Å². The second-order valence-corrected chi connectivity index (χ2v) is 7.52. The average molecular weight is 258 g/mol. The van der Waals surface area contributed by atoms with Crippen LogP contribution >= 0.6 is 11.8 Å². The Kier molecular flexibility index (Phi) is 5.80. The number of likely N-dealkylation sites (tertiary alicyclic amines) is 1. The average Bonchev–Trinajstić information content (AvgIpc) is 2.26. The zero-order chi connectivity index (χ0) is 12.9. The Morgan fingerprint density at radius 3 is 2.71 bits per heavy atom. The van der Waals surface area contributed by atoms with Gasteiger partial charge in [-0.15, -0.1) is 11.8 Å². The summed E-state index contributed by atoms with van der Waals surface area (Å²) in [7, 11) is 0. The van der Waals surface area contributed by atoms with Gasteiger partial charge in [-0.25, -0.2) is 0 Å². The number of hydrogen-bond acceptors (Lipinski definition) is 3. The lowest BCUT2D eigenvalue weighted by atomic mass is 9.99. The molecule has 1 fully saturated rings. The fourth-order valence-electron chi connectivity index (χ4n) is 2.18. The van der Waals surface area contributed by atoms with Crippen molar-refractivity contribution in [1.29, 1.82) is 0 Å². The third-order valence-corrected chi connectivity index (χ3v) is 4.33. The number of nitrogens with two attached hydrogens (primary N) is 1. The van der Waals surface area contributed by atoms with Crippen LogP contribution in [0.25, 0.3) is 0 Å². The van der Waals surface area contributed by atoms with E-state index in [-0.39, 0.29) is 4.75 Å². The van der Waals surface area contributed by atoms with Crippen molar-refractivity contribution < 1.29 is 4.79 Å². The molecule has 2 N–H and O–H groups in total. The topological polar surface area (TPSA) is 46.3 Å². The number of amides is 1. The van der Waals surface area contributed by atoms with E-state index in [0.717, 1.165) is 25.8 Å². The molecule has 0 spiro atoms. The molecule has 1 atom stereocenters. The fourth-order valence-corrected chi connectivity index (χ4v) is 2.90. The largest absolute Gasteiger partial charge is 0.339 e. The standard InChI is InChI=1S/C13H26N2OS/c1-13(2,3)17-10-12(16)15-9-5-4-6-11(15)7-8-14/h11H,4-10,14H2,1-3H3. The van der Waals surface area contributed by atoms with E-state index in [9.17, 15) is 4.79 Å². The molecule has 1 saturated heterocycles. The lowest BCUT2D eigenvalue weighted by Crippen LogP contribution is -2.45. The molecule has 0 aromatic carbocycles. The molecule has 1 aliphatic rings. The van der Waals surface area contributed by atoms with Crippen LogP contribution in [0.2, 0.25) is 0 Å². The van der Waals surface area contributed by atoms with Crippen LogP contribution in [0.3, 0.4) is 0 Å². The molecule has 1 unspecified atom stereocenters. The van der Waals surface area contributed by atoms with E-state index in [4.69, 9.17) is 5.73 Å². The molecule has 3 nitrogen and oxygen atoms in total. The summed E-state index contributed by atoms with van der Waals surface area (Å²) >= 11 is 1.73. The maximum atomic E-state index is 12.2. The molecule has 0 aliphatic carbocycles. The summed E-state index contributed by atoms with van der Waals surface area (Å²) in [6, 6.07) is 0.391. The number of nitrogens with zero attached hydrogens (tertiary/aromatic N) is 1. The molecule has 1 rings (SSSR count). The van der Waals surface area contributed by atoms with Crippen molar-refractivity contribution in [2.75, 3.05) is 18.8 Å². The summed E-state index contributed by atoms with van der Waals surface area (Å²) in [4.78, 5) is 14.3. The summed E-state index contributed by atoms with van der Waals surface area (Å²) < 4.78 is 0.162. The van der Waals surface area contributed by atoms with Crippen LogP contribution in [0.1, 0.15) is 46.5 Å². The molecular formula is C13H26N2OS. The van der Waals surface area contributed by atoms with Gasteiger partial charge in [0.2, 0.25) is 5.91 Å². The monoisotopic (exact) mass is 258 g/mol. The van der Waals surface area contributed by atoms with Crippen LogP contribution < -0.4 is 5.73 Å². The Labute approximate surface area is 109 Å². The van der Waals surface area contributed by atoms with Gasteiger partial charge >= 0.3 is 0 Å². The van der Waals surface area contributed by atoms with Gasteiger partial charge in [-0.2, -0.15) is 0 Å². The Hall–Kier alpha value is -0.220. The summed E-state index contributed by atoms with van der Waals surface area (Å²) in [5.74, 6) is 0.896. The SMILES string of the molecule is CC(C)(C)SCC(=O)N1CCCCC1CCN. The van der Waals surface area contributed by atoms with Crippen molar-refractivity contribution in [3.8, 4) is 0 Å². The second kappa shape index (κ2) is 6.64. The Balaban J connectivity index is 2.47. The number of thioether (sulfide) groups is 1. The van der Waals surface area contributed by atoms with Gasteiger partial charge in [0.15, 0.2) is 0 Å². The fraction of sp³-hybridized carbons (Fsp3) is 0.923. The van der Waals surface area contributed by atoms with E-state index in [0.29, 0.717) is 24.2 Å². The second-order valence-electron chi connectivity index (χ2n) is 5.72. The molecule has 1 aliphatic heterocycles. The van der Waals surface area contributed by atoms with Crippen molar-refractivity contribution in [2.24, 2.45) is 5.73 Å². The van der Waals surface area contributed by atoms with Gasteiger partial charge in [0.25, 0.3) is 0 Å². The lowest BCUT2D eigenvalue weighted by Gasteiger charge is -2.36. The number of piperidine rings is 1. The highest BCUT2D eigenvalue weighted by Gasteiger charge is 2.26. The van der Waals surface area contributed by atoms with E-state index in [1.54, 1.807) is 11.8 Å². The lowest BCUT2D eigenvalue weighted by molar-refractivity contribution is -0.132. The van der Waals surface area contributed by atoms with Crippen LogP contribution in [0.15, 0.2) is 0 Å². The molecule has 0 saturated carbocycles. The maximum absolute atomic E-state index is 12.2. The first-order valence-corrected chi connectivity index (χ1v) is 7.56. The van der Waals surface area contributed by atoms with E-state index in [1.807, 2.05) is 0 Å². The molecule has 0 radical (unpaired) electrons. The van der Waals surface area contributed by atoms with E-state index in [2.05, 4.69) is 25.7 Å². The van der Waals surface area contributed by atoms with E-state index < -0.39 is 0 Å². The van der Waals surface area contributed by atoms with Crippen LogP contribution in [-0.4, -0.2) is 40.4 Å². The van der Waals surface area contributed by atoms with Crippen molar-refractivity contribution in [2.45, 2.75) is 57.2 Å². The molecule has 4 heteroatoms. The third kappa shape index (κ3) is 5.30. The molecule has 0 aromatic heterocycles. The molecule has 0 aromatic rings. The molecule has 1 heterocycles. The minimum Gasteiger partial charge on any atom is -0.339 e. The highest BCUT2D eigenvalue weighted by Crippen LogP contribution is 2.25. The Morgan fingerprint density at radius 2 is 2.12 bits per heavy atom. The van der Waals surface area contributed by atoms with Crippen LogP contribution in [-0.2, 0) is 4.79 Å². The van der Waals surface area contributed by atoms with Gasteiger partial charge in [0.05, 0.1) is 5.75 Å². The van der Waals surface area contributed by atoms with Crippen LogP contribution in [0.4, 0.5) is 0 Å². The predicted octanol–water partition coefficient (Wildman–Crippen LogP) is 2.25. The first-order valence-electron chi connectivity index (χ1n) is 6.57. The first-order chi connectivity index (χ1) is 7.94. The number of rotatable bonds is 4. The third-order valence-electron chi connectivity index (χ3n) is 3.08. The summed E-state index contributed by atoms with van der Waals surface area (Å²) in [5, 5.41) is 0. The summed E-state index contributed by atoms with van der Waals surface area (Å²) in [5.41, 5.74) is 5.62. The van der Waals surface area contributed by atoms with Crippen molar-refractivity contribution in [1.82, 2.24) is 4.90 Å². The van der Waals surface area contributed by atoms with Gasteiger partial charge in [-0.3, -0.25) is 4.79 Å². The zero-order valence-corrected chi connectivity index (χ0v) is 12.2. The Bertz CT molecular complexity index is 248. The van der Waals surface area contributed by atoms with Crippen LogP contribution in [0, 0.1) is 0 Å². The first kappa shape index (κ1) is 14.8. The number of hydrogen-bond donors (Lipinski definition) is 1. The van der Waals surface area contributed by atoms with Crippen molar-refractivity contribution in [3.63, 3.8) is 0 Å². The predicted molar refractivity (Wildman–Crippen MR) is 75.2 cm³/mol. The van der Waals surface area contributed by atoms with Gasteiger partial charge in [-0.05, 0) is 32.2 Å². The summed E-state index contributed by atoms with van der Waals surface area (Å²) in [6.45, 7) is 8.06. The van der Waals surface area contributed by atoms with Gasteiger partial charge < -0.3 is 10.6 Å². The minimum absolute atomic E-state index is 0.162. The molecule has 100 valence electrons. The van der Waals surface area contributed by atoms with Crippen LogP contribution in [0.5, 0.6) is 0 Å². The maximum Gasteiger partial charge on any atom is 0.232 e. The highest BCUT2D eigenvalue weighted by atomic mass is 32.2. The molecule has 1 amide bonds. The van der Waals surface area contributed by atoms with Gasteiger partial charge in [0, 0.05) is 17.3 Å². The zero-order valence-electron chi connectivity index (χ0n) is 11.4. The molecular weight excluding hydrogens is 232 g/mol. The highest BCUT2D eigenvalue weighted by molar-refractivity contribution is 8.01. The normalized spacial score (nSPS) is 21.6. The van der Waals surface area contributed by atoms with Gasteiger partial charge in [0.1, 0.15) is 0 Å². The van der Waals surface area contributed by atoms with E-state index >= 15 is 0 Å².